The molecule has 0 saturated heterocycles. The van der Waals surface area contributed by atoms with Crippen LogP contribution < -0.4 is 10.6 Å². The van der Waals surface area contributed by atoms with Crippen LogP contribution in [-0.2, 0) is 5.54 Å². The summed E-state index contributed by atoms with van der Waals surface area (Å²) >= 11 is 0. The number of carbonyl (C=O) groups is 1. The summed E-state index contributed by atoms with van der Waals surface area (Å²) in [5, 5.41) is 11.6. The van der Waals surface area contributed by atoms with Crippen LogP contribution in [-0.4, -0.2) is 16.2 Å². The highest BCUT2D eigenvalue weighted by atomic mass is 19.1. The van der Waals surface area contributed by atoms with Gasteiger partial charge >= 0.3 is 6.03 Å². The Labute approximate surface area is 110 Å². The first-order valence-corrected chi connectivity index (χ1v) is 5.82. The number of nitrogens with one attached hydrogen (secondary N) is 3. The maximum Gasteiger partial charge on any atom is 0.321 e. The molecule has 1 heterocycles. The van der Waals surface area contributed by atoms with E-state index in [1.165, 1.54) is 12.3 Å². The number of aromatic amines is 1. The summed E-state index contributed by atoms with van der Waals surface area (Å²) in [6.45, 7) is 3.47. The Morgan fingerprint density at radius 2 is 2.05 bits per heavy atom. The van der Waals surface area contributed by atoms with Crippen molar-refractivity contribution in [1.29, 1.82) is 0 Å². The minimum Gasteiger partial charge on any atom is -0.329 e. The molecule has 6 heteroatoms. The molecule has 0 unspecified atom stereocenters. The van der Waals surface area contributed by atoms with Crippen molar-refractivity contribution < 1.29 is 9.18 Å². The van der Waals surface area contributed by atoms with Gasteiger partial charge in [-0.15, -0.1) is 0 Å². The van der Waals surface area contributed by atoms with Gasteiger partial charge in [-0.05, 0) is 19.9 Å². The van der Waals surface area contributed by atoms with E-state index in [-0.39, 0.29) is 5.82 Å². The molecule has 100 valence electrons. The van der Waals surface area contributed by atoms with Crippen molar-refractivity contribution in [2.45, 2.75) is 19.4 Å². The second kappa shape index (κ2) is 5.09. The molecular formula is C13H15FN4O. The second-order valence-corrected chi connectivity index (χ2v) is 4.65. The lowest BCUT2D eigenvalue weighted by Crippen LogP contribution is -2.43. The van der Waals surface area contributed by atoms with Crippen molar-refractivity contribution in [3.05, 3.63) is 47.9 Å². The zero-order valence-electron chi connectivity index (χ0n) is 10.7. The van der Waals surface area contributed by atoms with E-state index in [1.54, 1.807) is 38.1 Å². The van der Waals surface area contributed by atoms with Crippen molar-refractivity contribution in [2.24, 2.45) is 0 Å². The maximum absolute atomic E-state index is 13.7. The standard InChI is InChI=1S/C13H15FN4O/c1-13(2,9-5-3-4-6-10(9)14)17-12(19)16-11-7-8-15-18-11/h3-8H,1-2H3,(H3,15,16,17,18,19). The fraction of sp³-hybridized carbons (Fsp3) is 0.231. The SMILES string of the molecule is CC(C)(NC(=O)Nc1ccn[nH]1)c1ccccc1F. The lowest BCUT2D eigenvalue weighted by molar-refractivity contribution is 0.241. The lowest BCUT2D eigenvalue weighted by atomic mass is 9.94. The minimum absolute atomic E-state index is 0.352. The first kappa shape index (κ1) is 13.1. The molecule has 3 N–H and O–H groups in total. The quantitative estimate of drug-likeness (QED) is 0.795. The molecule has 0 spiro atoms. The average molecular weight is 262 g/mol. The fourth-order valence-electron chi connectivity index (χ4n) is 1.80. The molecule has 2 amide bonds. The van der Waals surface area contributed by atoms with Crippen LogP contribution in [0, 0.1) is 5.82 Å². The van der Waals surface area contributed by atoms with E-state index in [9.17, 15) is 9.18 Å². The van der Waals surface area contributed by atoms with Gasteiger partial charge in [0.05, 0.1) is 11.7 Å². The van der Waals surface area contributed by atoms with Crippen LogP contribution in [0.1, 0.15) is 19.4 Å². The van der Waals surface area contributed by atoms with E-state index in [0.29, 0.717) is 11.4 Å². The average Bonchev–Trinajstić information content (AvgIpc) is 2.81. The first-order chi connectivity index (χ1) is 8.99. The van der Waals surface area contributed by atoms with Gasteiger partial charge in [-0.1, -0.05) is 18.2 Å². The van der Waals surface area contributed by atoms with E-state index in [4.69, 9.17) is 0 Å². The molecule has 19 heavy (non-hydrogen) atoms. The van der Waals surface area contributed by atoms with Crippen molar-refractivity contribution in [2.75, 3.05) is 5.32 Å². The summed E-state index contributed by atoms with van der Waals surface area (Å²) in [6, 6.07) is 7.54. The van der Waals surface area contributed by atoms with Gasteiger partial charge in [0.2, 0.25) is 0 Å². The number of aromatic nitrogens is 2. The number of hydrogen-bond donors (Lipinski definition) is 3. The van der Waals surface area contributed by atoms with Crippen molar-refractivity contribution in [3.63, 3.8) is 0 Å². The number of carbonyl (C=O) groups excluding carboxylic acids is 1. The third-order valence-electron chi connectivity index (χ3n) is 2.72. The van der Waals surface area contributed by atoms with E-state index < -0.39 is 11.6 Å². The zero-order chi connectivity index (χ0) is 13.9. The van der Waals surface area contributed by atoms with Gasteiger partial charge in [0.25, 0.3) is 0 Å². The van der Waals surface area contributed by atoms with Crippen molar-refractivity contribution >= 4 is 11.8 Å². The first-order valence-electron chi connectivity index (χ1n) is 5.82. The minimum atomic E-state index is -0.824. The second-order valence-electron chi connectivity index (χ2n) is 4.65. The highest BCUT2D eigenvalue weighted by molar-refractivity contribution is 5.88. The van der Waals surface area contributed by atoms with Crippen LogP contribution in [0.3, 0.4) is 0 Å². The molecule has 0 aliphatic heterocycles. The van der Waals surface area contributed by atoms with E-state index in [1.807, 2.05) is 0 Å². The lowest BCUT2D eigenvalue weighted by Gasteiger charge is -2.27. The predicted molar refractivity (Wildman–Crippen MR) is 70.2 cm³/mol. The summed E-state index contributed by atoms with van der Waals surface area (Å²) in [5.74, 6) is 0.121. The molecule has 0 saturated carbocycles. The van der Waals surface area contributed by atoms with Crippen LogP contribution in [0.4, 0.5) is 15.0 Å². The van der Waals surface area contributed by atoms with E-state index >= 15 is 0 Å². The van der Waals surface area contributed by atoms with Gasteiger partial charge in [0.15, 0.2) is 0 Å². The Morgan fingerprint density at radius 3 is 2.68 bits per heavy atom. The third-order valence-corrected chi connectivity index (χ3v) is 2.72. The van der Waals surface area contributed by atoms with Gasteiger partial charge in [0.1, 0.15) is 11.6 Å². The Morgan fingerprint density at radius 1 is 1.32 bits per heavy atom. The highest BCUT2D eigenvalue weighted by Crippen LogP contribution is 2.22. The topological polar surface area (TPSA) is 69.8 Å². The Kier molecular flexibility index (Phi) is 3.50. The molecule has 2 rings (SSSR count). The van der Waals surface area contributed by atoms with Crippen LogP contribution in [0.5, 0.6) is 0 Å². The molecule has 0 radical (unpaired) electrons. The number of anilines is 1. The maximum atomic E-state index is 13.7. The van der Waals surface area contributed by atoms with Crippen molar-refractivity contribution in [3.8, 4) is 0 Å². The molecule has 1 aromatic heterocycles. The smallest absolute Gasteiger partial charge is 0.321 e. The molecule has 2 aromatic rings. The Hall–Kier alpha value is -2.37. The number of hydrogen-bond acceptors (Lipinski definition) is 2. The monoisotopic (exact) mass is 262 g/mol. The van der Waals surface area contributed by atoms with Gasteiger partial charge in [-0.3, -0.25) is 10.4 Å². The molecule has 1 aromatic carbocycles. The van der Waals surface area contributed by atoms with Gasteiger partial charge < -0.3 is 5.32 Å². The predicted octanol–water partition coefficient (Wildman–Crippen LogP) is 2.61. The van der Waals surface area contributed by atoms with Crippen molar-refractivity contribution in [1.82, 2.24) is 15.5 Å². The normalized spacial score (nSPS) is 11.1. The zero-order valence-corrected chi connectivity index (χ0v) is 10.7. The molecule has 0 aliphatic rings. The van der Waals surface area contributed by atoms with E-state index in [0.717, 1.165) is 0 Å². The summed E-state index contributed by atoms with van der Waals surface area (Å²) in [5.41, 5.74) is -0.398. The van der Waals surface area contributed by atoms with Crippen LogP contribution in [0.2, 0.25) is 0 Å². The number of halogens is 1. The largest absolute Gasteiger partial charge is 0.329 e. The summed E-state index contributed by atoms with van der Waals surface area (Å²) in [7, 11) is 0. The number of benzene rings is 1. The number of amides is 2. The molecule has 0 aliphatic carbocycles. The summed E-state index contributed by atoms with van der Waals surface area (Å²) in [4.78, 5) is 11.8. The number of rotatable bonds is 3. The number of nitrogens with zero attached hydrogens (tertiary/aromatic N) is 1. The molecule has 5 nitrogen and oxygen atoms in total. The van der Waals surface area contributed by atoms with Gasteiger partial charge in [-0.2, -0.15) is 5.10 Å². The number of urea groups is 1. The molecule has 0 fully saturated rings. The summed E-state index contributed by atoms with van der Waals surface area (Å²) in [6.07, 6.45) is 1.53. The molecular weight excluding hydrogens is 247 g/mol. The van der Waals surface area contributed by atoms with E-state index in [2.05, 4.69) is 20.8 Å². The Bertz CT molecular complexity index is 566. The van der Waals surface area contributed by atoms with Gasteiger partial charge in [0, 0.05) is 11.6 Å². The van der Waals surface area contributed by atoms with Crippen LogP contribution in [0.25, 0.3) is 0 Å². The molecule has 0 bridgehead atoms. The number of H-pyrrole nitrogens is 1. The molecule has 0 atom stereocenters. The van der Waals surface area contributed by atoms with Crippen LogP contribution in [0.15, 0.2) is 36.5 Å². The third kappa shape index (κ3) is 3.09. The Balaban J connectivity index is 2.09. The summed E-state index contributed by atoms with van der Waals surface area (Å²) < 4.78 is 13.7. The fourth-order valence-corrected chi connectivity index (χ4v) is 1.80. The highest BCUT2D eigenvalue weighted by Gasteiger charge is 2.25. The van der Waals surface area contributed by atoms with Crippen LogP contribution >= 0.6 is 0 Å². The van der Waals surface area contributed by atoms with Gasteiger partial charge in [-0.25, -0.2) is 9.18 Å².